The first-order chi connectivity index (χ1) is 10.2. The first-order valence-corrected chi connectivity index (χ1v) is 7.49. The summed E-state index contributed by atoms with van der Waals surface area (Å²) in [7, 11) is 1.76. The number of rotatable bonds is 3. The molecule has 0 aromatic heterocycles. The fourth-order valence-corrected chi connectivity index (χ4v) is 2.44. The molecule has 122 valence electrons. The lowest BCUT2D eigenvalue weighted by Gasteiger charge is -2.32. The number of benzene rings is 1. The van der Waals surface area contributed by atoms with Crippen LogP contribution in [0.3, 0.4) is 0 Å². The molecule has 0 aliphatic carbocycles. The fourth-order valence-electron chi connectivity index (χ4n) is 2.44. The smallest absolute Gasteiger partial charge is 0.243 e. The van der Waals surface area contributed by atoms with Crippen LogP contribution >= 0.6 is 24.0 Å². The molecule has 0 bridgehead atoms. The van der Waals surface area contributed by atoms with Gasteiger partial charge in [0.25, 0.3) is 0 Å². The zero-order valence-electron chi connectivity index (χ0n) is 13.2. The predicted octanol–water partition coefficient (Wildman–Crippen LogP) is 2.55. The lowest BCUT2D eigenvalue weighted by atomic mass is 10.00. The van der Waals surface area contributed by atoms with E-state index in [4.69, 9.17) is 0 Å². The third-order valence-electron chi connectivity index (χ3n) is 3.76. The van der Waals surface area contributed by atoms with E-state index in [0.717, 1.165) is 30.7 Å². The van der Waals surface area contributed by atoms with Crippen LogP contribution in [0.15, 0.2) is 35.3 Å². The van der Waals surface area contributed by atoms with Crippen molar-refractivity contribution in [2.75, 3.05) is 32.0 Å². The van der Waals surface area contributed by atoms with Crippen molar-refractivity contribution < 1.29 is 4.79 Å². The Morgan fingerprint density at radius 1 is 1.27 bits per heavy atom. The van der Waals surface area contributed by atoms with Gasteiger partial charge in [-0.05, 0) is 30.9 Å². The number of nitrogens with one attached hydrogen (secondary N) is 2. The quantitative estimate of drug-likeness (QED) is 0.453. The zero-order valence-corrected chi connectivity index (χ0v) is 15.5. The molecular weight excluding hydrogens is 391 g/mol. The number of likely N-dealkylation sites (tertiary alicyclic amines) is 1. The average Bonchev–Trinajstić information content (AvgIpc) is 2.50. The predicted molar refractivity (Wildman–Crippen MR) is 102 cm³/mol. The summed E-state index contributed by atoms with van der Waals surface area (Å²) in [5.74, 6) is 1.53. The normalized spacial score (nSPS) is 15.9. The number of para-hydroxylation sites is 1. The number of aliphatic imine (C=N–C) groups is 1. The maximum absolute atomic E-state index is 11.9. The largest absolute Gasteiger partial charge is 0.347 e. The van der Waals surface area contributed by atoms with Gasteiger partial charge in [-0.3, -0.25) is 9.79 Å². The van der Waals surface area contributed by atoms with Crippen LogP contribution in [0.4, 0.5) is 5.69 Å². The molecular formula is C16H25IN4O. The molecule has 0 spiro atoms. The third kappa shape index (κ3) is 5.82. The van der Waals surface area contributed by atoms with Crippen LogP contribution in [-0.4, -0.2) is 43.4 Å². The summed E-state index contributed by atoms with van der Waals surface area (Å²) >= 11 is 0. The summed E-state index contributed by atoms with van der Waals surface area (Å²) in [5, 5.41) is 5.99. The van der Waals surface area contributed by atoms with E-state index in [1.807, 2.05) is 30.3 Å². The van der Waals surface area contributed by atoms with Crippen molar-refractivity contribution in [3.63, 3.8) is 0 Å². The minimum atomic E-state index is -0.0623. The highest BCUT2D eigenvalue weighted by Crippen LogP contribution is 2.15. The van der Waals surface area contributed by atoms with Crippen LogP contribution in [-0.2, 0) is 4.79 Å². The Balaban J connectivity index is 0.00000242. The van der Waals surface area contributed by atoms with Gasteiger partial charge in [-0.15, -0.1) is 24.0 Å². The van der Waals surface area contributed by atoms with Gasteiger partial charge in [0.2, 0.25) is 5.91 Å². The number of piperidine rings is 1. The molecule has 2 N–H and O–H groups in total. The van der Waals surface area contributed by atoms with E-state index in [1.165, 1.54) is 12.8 Å². The van der Waals surface area contributed by atoms with Gasteiger partial charge in [0, 0.05) is 25.8 Å². The van der Waals surface area contributed by atoms with E-state index in [2.05, 4.69) is 27.4 Å². The number of carbonyl (C=O) groups is 1. The van der Waals surface area contributed by atoms with E-state index in [9.17, 15) is 4.79 Å². The lowest BCUT2D eigenvalue weighted by Crippen LogP contribution is -2.47. The highest BCUT2D eigenvalue weighted by atomic mass is 127. The molecule has 0 atom stereocenters. The third-order valence-corrected chi connectivity index (χ3v) is 3.76. The number of amides is 1. The van der Waals surface area contributed by atoms with Crippen LogP contribution < -0.4 is 10.6 Å². The monoisotopic (exact) mass is 416 g/mol. The van der Waals surface area contributed by atoms with Gasteiger partial charge in [-0.2, -0.15) is 0 Å². The number of halogens is 1. The van der Waals surface area contributed by atoms with E-state index in [-0.39, 0.29) is 36.4 Å². The van der Waals surface area contributed by atoms with E-state index >= 15 is 0 Å². The molecule has 1 aromatic rings. The topological polar surface area (TPSA) is 56.7 Å². The SMILES string of the molecule is CN=C(NCC(=O)Nc1ccccc1)N1CCC(C)CC1.I. The second-order valence-corrected chi connectivity index (χ2v) is 5.48. The van der Waals surface area contributed by atoms with Crippen molar-refractivity contribution in [3.05, 3.63) is 30.3 Å². The summed E-state index contributed by atoms with van der Waals surface area (Å²) in [4.78, 5) is 18.4. The van der Waals surface area contributed by atoms with Crippen molar-refractivity contribution >= 4 is 41.5 Å². The maximum atomic E-state index is 11.9. The van der Waals surface area contributed by atoms with Gasteiger partial charge in [-0.1, -0.05) is 25.1 Å². The Morgan fingerprint density at radius 2 is 1.91 bits per heavy atom. The minimum Gasteiger partial charge on any atom is -0.347 e. The number of nitrogens with zero attached hydrogens (tertiary/aromatic N) is 2. The summed E-state index contributed by atoms with van der Waals surface area (Å²) < 4.78 is 0. The molecule has 1 saturated heterocycles. The first kappa shape index (κ1) is 18.7. The van der Waals surface area contributed by atoms with Crippen molar-refractivity contribution in [2.24, 2.45) is 10.9 Å². The molecule has 6 heteroatoms. The van der Waals surface area contributed by atoms with Crippen LogP contribution in [0.5, 0.6) is 0 Å². The molecule has 0 radical (unpaired) electrons. The molecule has 1 aliphatic heterocycles. The average molecular weight is 416 g/mol. The number of carbonyl (C=O) groups excluding carboxylic acids is 1. The summed E-state index contributed by atoms with van der Waals surface area (Å²) in [6.45, 7) is 4.51. The maximum Gasteiger partial charge on any atom is 0.243 e. The van der Waals surface area contributed by atoms with E-state index < -0.39 is 0 Å². The van der Waals surface area contributed by atoms with Crippen LogP contribution in [0, 0.1) is 5.92 Å². The number of hydrogen-bond donors (Lipinski definition) is 2. The van der Waals surface area contributed by atoms with Gasteiger partial charge in [-0.25, -0.2) is 0 Å². The zero-order chi connectivity index (χ0) is 15.1. The summed E-state index contributed by atoms with van der Waals surface area (Å²) in [6.07, 6.45) is 2.35. The molecule has 1 amide bonds. The Bertz CT molecular complexity index is 484. The van der Waals surface area contributed by atoms with Crippen molar-refractivity contribution in [1.82, 2.24) is 10.2 Å². The molecule has 1 aromatic carbocycles. The van der Waals surface area contributed by atoms with Crippen LogP contribution in [0.25, 0.3) is 0 Å². The summed E-state index contributed by atoms with van der Waals surface area (Å²) in [5.41, 5.74) is 0.811. The molecule has 1 aliphatic rings. The van der Waals surface area contributed by atoms with Crippen molar-refractivity contribution in [1.29, 1.82) is 0 Å². The first-order valence-electron chi connectivity index (χ1n) is 7.49. The number of hydrogen-bond acceptors (Lipinski definition) is 2. The Hall–Kier alpha value is -1.31. The lowest BCUT2D eigenvalue weighted by molar-refractivity contribution is -0.115. The molecule has 0 unspecified atom stereocenters. The van der Waals surface area contributed by atoms with Gasteiger partial charge in [0.1, 0.15) is 0 Å². The molecule has 1 heterocycles. The standard InChI is InChI=1S/C16H24N4O.HI/c1-13-8-10-20(11-9-13)16(17-2)18-12-15(21)19-14-6-4-3-5-7-14;/h3-7,13H,8-12H2,1-2H3,(H,17,18)(H,19,21);1H. The van der Waals surface area contributed by atoms with Crippen LogP contribution in [0.1, 0.15) is 19.8 Å². The van der Waals surface area contributed by atoms with Gasteiger partial charge >= 0.3 is 0 Å². The molecule has 0 saturated carbocycles. The van der Waals surface area contributed by atoms with Crippen molar-refractivity contribution in [3.8, 4) is 0 Å². The molecule has 2 rings (SSSR count). The van der Waals surface area contributed by atoms with E-state index in [0.29, 0.717) is 0 Å². The second-order valence-electron chi connectivity index (χ2n) is 5.48. The van der Waals surface area contributed by atoms with Gasteiger partial charge in [0.05, 0.1) is 6.54 Å². The molecule has 22 heavy (non-hydrogen) atoms. The van der Waals surface area contributed by atoms with Crippen LogP contribution in [0.2, 0.25) is 0 Å². The Labute approximate surface area is 149 Å². The van der Waals surface area contributed by atoms with Crippen molar-refractivity contribution in [2.45, 2.75) is 19.8 Å². The second kappa shape index (κ2) is 9.66. The number of anilines is 1. The van der Waals surface area contributed by atoms with Gasteiger partial charge in [0.15, 0.2) is 5.96 Å². The Morgan fingerprint density at radius 3 is 2.50 bits per heavy atom. The Kier molecular flexibility index (Phi) is 8.22. The number of guanidine groups is 1. The molecule has 1 fully saturated rings. The highest BCUT2D eigenvalue weighted by molar-refractivity contribution is 14.0. The van der Waals surface area contributed by atoms with Gasteiger partial charge < -0.3 is 15.5 Å². The summed E-state index contributed by atoms with van der Waals surface area (Å²) in [6, 6.07) is 9.47. The highest BCUT2D eigenvalue weighted by Gasteiger charge is 2.18. The molecule has 5 nitrogen and oxygen atoms in total. The fraction of sp³-hybridized carbons (Fsp3) is 0.500. The minimum absolute atomic E-state index is 0. The van der Waals surface area contributed by atoms with E-state index in [1.54, 1.807) is 7.05 Å².